The number of carbonyl (C=O) groups is 1. The number of hydrogen-bond donors (Lipinski definition) is 2. The van der Waals surface area contributed by atoms with Crippen LogP contribution in [0.3, 0.4) is 0 Å². The molecule has 2 N–H and O–H groups in total. The first-order chi connectivity index (χ1) is 8.58. The van der Waals surface area contributed by atoms with Crippen molar-refractivity contribution < 1.29 is 9.90 Å². The molecular formula is C15H27NO2. The van der Waals surface area contributed by atoms with Gasteiger partial charge < -0.3 is 10.4 Å². The maximum Gasteiger partial charge on any atom is 0.306 e. The highest BCUT2D eigenvalue weighted by Gasteiger charge is 2.34. The van der Waals surface area contributed by atoms with Crippen LogP contribution in [-0.2, 0) is 4.79 Å². The third kappa shape index (κ3) is 3.25. The van der Waals surface area contributed by atoms with E-state index in [0.29, 0.717) is 12.0 Å². The second-order valence-corrected chi connectivity index (χ2v) is 6.57. The molecule has 2 atom stereocenters. The first kappa shape index (κ1) is 13.9. The van der Waals surface area contributed by atoms with Crippen LogP contribution >= 0.6 is 0 Å². The number of carboxylic acid groups (broad SMARTS) is 1. The zero-order chi connectivity index (χ0) is 13.1. The van der Waals surface area contributed by atoms with E-state index < -0.39 is 5.97 Å². The van der Waals surface area contributed by atoms with Crippen LogP contribution in [0.5, 0.6) is 0 Å². The van der Waals surface area contributed by atoms with Gasteiger partial charge in [0.1, 0.15) is 0 Å². The Morgan fingerprint density at radius 3 is 2.56 bits per heavy atom. The van der Waals surface area contributed by atoms with Crippen molar-refractivity contribution in [2.24, 2.45) is 23.7 Å². The van der Waals surface area contributed by atoms with E-state index in [2.05, 4.69) is 19.2 Å². The molecular weight excluding hydrogens is 226 g/mol. The summed E-state index contributed by atoms with van der Waals surface area (Å²) < 4.78 is 0. The summed E-state index contributed by atoms with van der Waals surface area (Å²) in [6.45, 7) is 5.50. The van der Waals surface area contributed by atoms with Gasteiger partial charge in [-0.15, -0.1) is 0 Å². The molecule has 2 fully saturated rings. The average Bonchev–Trinajstić information content (AvgIpc) is 2.26. The number of carboxylic acids is 1. The predicted molar refractivity (Wildman–Crippen MR) is 72.4 cm³/mol. The second-order valence-electron chi connectivity index (χ2n) is 6.57. The van der Waals surface area contributed by atoms with Crippen LogP contribution in [0.4, 0.5) is 0 Å². The molecule has 0 aliphatic heterocycles. The summed E-state index contributed by atoms with van der Waals surface area (Å²) in [5.74, 6) is 1.34. The first-order valence-electron chi connectivity index (χ1n) is 7.54. The molecule has 0 radical (unpaired) electrons. The van der Waals surface area contributed by atoms with Gasteiger partial charge in [-0.2, -0.15) is 0 Å². The lowest BCUT2D eigenvalue weighted by molar-refractivity contribution is -0.144. The molecule has 0 saturated heterocycles. The van der Waals surface area contributed by atoms with Crippen molar-refractivity contribution in [2.75, 3.05) is 6.54 Å². The van der Waals surface area contributed by atoms with Crippen molar-refractivity contribution in [3.05, 3.63) is 0 Å². The molecule has 0 bridgehead atoms. The average molecular weight is 253 g/mol. The van der Waals surface area contributed by atoms with Gasteiger partial charge in [0.25, 0.3) is 0 Å². The Hall–Kier alpha value is -0.570. The summed E-state index contributed by atoms with van der Waals surface area (Å²) in [7, 11) is 0. The third-order valence-electron chi connectivity index (χ3n) is 5.01. The lowest BCUT2D eigenvalue weighted by Crippen LogP contribution is -2.46. The summed E-state index contributed by atoms with van der Waals surface area (Å²) in [6.07, 6.45) is 6.82. The number of hydrogen-bond acceptors (Lipinski definition) is 2. The van der Waals surface area contributed by atoms with Crippen molar-refractivity contribution in [1.82, 2.24) is 5.32 Å². The van der Waals surface area contributed by atoms with Gasteiger partial charge in [-0.1, -0.05) is 26.7 Å². The Kier molecular flexibility index (Phi) is 4.66. The number of aliphatic carboxylic acids is 1. The summed E-state index contributed by atoms with van der Waals surface area (Å²) in [6, 6.07) is 0.647. The lowest BCUT2D eigenvalue weighted by Gasteiger charge is -2.40. The fraction of sp³-hybridized carbons (Fsp3) is 0.933. The molecule has 0 amide bonds. The van der Waals surface area contributed by atoms with Gasteiger partial charge in [0, 0.05) is 6.04 Å². The standard InChI is InChI=1S/C15H27NO2/c1-10(2)12-7-13(8-12)16-9-11-5-3-4-6-14(11)15(17)18/h10-14,16H,3-9H2,1-2H3,(H,17,18). The van der Waals surface area contributed by atoms with Crippen LogP contribution in [-0.4, -0.2) is 23.7 Å². The smallest absolute Gasteiger partial charge is 0.306 e. The van der Waals surface area contributed by atoms with E-state index in [-0.39, 0.29) is 5.92 Å². The predicted octanol–water partition coefficient (Wildman–Crippen LogP) is 2.90. The summed E-state index contributed by atoms with van der Waals surface area (Å²) in [4.78, 5) is 11.2. The van der Waals surface area contributed by atoms with Gasteiger partial charge in [0.15, 0.2) is 0 Å². The SMILES string of the molecule is CC(C)C1CC(NCC2CCCCC2C(=O)O)C1. The van der Waals surface area contributed by atoms with E-state index in [1.165, 1.54) is 19.3 Å². The largest absolute Gasteiger partial charge is 0.481 e. The molecule has 2 unspecified atom stereocenters. The van der Waals surface area contributed by atoms with Crippen molar-refractivity contribution in [3.8, 4) is 0 Å². The second kappa shape index (κ2) is 6.05. The van der Waals surface area contributed by atoms with Crippen LogP contribution in [0.15, 0.2) is 0 Å². The van der Waals surface area contributed by atoms with Crippen molar-refractivity contribution >= 4 is 5.97 Å². The Bertz CT molecular complexity index is 284. The highest BCUT2D eigenvalue weighted by molar-refractivity contribution is 5.70. The fourth-order valence-corrected chi connectivity index (χ4v) is 3.47. The molecule has 104 valence electrons. The van der Waals surface area contributed by atoms with Gasteiger partial charge in [0.2, 0.25) is 0 Å². The molecule has 2 aliphatic carbocycles. The minimum atomic E-state index is -0.588. The topological polar surface area (TPSA) is 49.3 Å². The highest BCUT2D eigenvalue weighted by Crippen LogP contribution is 2.35. The van der Waals surface area contributed by atoms with Crippen LogP contribution in [0.2, 0.25) is 0 Å². The van der Waals surface area contributed by atoms with Crippen molar-refractivity contribution in [2.45, 2.75) is 58.4 Å². The molecule has 0 aromatic carbocycles. The first-order valence-corrected chi connectivity index (χ1v) is 7.54. The Morgan fingerprint density at radius 2 is 1.94 bits per heavy atom. The van der Waals surface area contributed by atoms with Crippen LogP contribution in [0.25, 0.3) is 0 Å². The molecule has 0 aromatic rings. The summed E-state index contributed by atoms with van der Waals surface area (Å²) in [5.41, 5.74) is 0. The quantitative estimate of drug-likeness (QED) is 0.792. The summed E-state index contributed by atoms with van der Waals surface area (Å²) >= 11 is 0. The van der Waals surface area contributed by atoms with Gasteiger partial charge in [-0.3, -0.25) is 4.79 Å². The van der Waals surface area contributed by atoms with Gasteiger partial charge in [-0.25, -0.2) is 0 Å². The zero-order valence-electron chi connectivity index (χ0n) is 11.7. The van der Waals surface area contributed by atoms with Crippen LogP contribution < -0.4 is 5.32 Å². The molecule has 0 spiro atoms. The molecule has 3 nitrogen and oxygen atoms in total. The molecule has 2 rings (SSSR count). The van der Waals surface area contributed by atoms with Crippen molar-refractivity contribution in [3.63, 3.8) is 0 Å². The van der Waals surface area contributed by atoms with E-state index in [1.54, 1.807) is 0 Å². The highest BCUT2D eigenvalue weighted by atomic mass is 16.4. The lowest BCUT2D eigenvalue weighted by atomic mass is 9.73. The molecule has 2 saturated carbocycles. The van der Waals surface area contributed by atoms with Crippen LogP contribution in [0, 0.1) is 23.7 Å². The Morgan fingerprint density at radius 1 is 1.28 bits per heavy atom. The maximum absolute atomic E-state index is 11.2. The molecule has 0 aromatic heterocycles. The van der Waals surface area contributed by atoms with E-state index in [4.69, 9.17) is 0 Å². The van der Waals surface area contributed by atoms with Gasteiger partial charge in [-0.05, 0) is 50.0 Å². The van der Waals surface area contributed by atoms with E-state index in [0.717, 1.165) is 37.6 Å². The monoisotopic (exact) mass is 253 g/mol. The molecule has 18 heavy (non-hydrogen) atoms. The number of rotatable bonds is 5. The minimum Gasteiger partial charge on any atom is -0.481 e. The van der Waals surface area contributed by atoms with E-state index >= 15 is 0 Å². The van der Waals surface area contributed by atoms with Crippen molar-refractivity contribution in [1.29, 1.82) is 0 Å². The minimum absolute atomic E-state index is 0.104. The number of nitrogens with one attached hydrogen (secondary N) is 1. The Balaban J connectivity index is 1.71. The molecule has 2 aliphatic rings. The van der Waals surface area contributed by atoms with Gasteiger partial charge >= 0.3 is 5.97 Å². The molecule has 3 heteroatoms. The Labute approximate surface area is 110 Å². The fourth-order valence-electron chi connectivity index (χ4n) is 3.47. The summed E-state index contributed by atoms with van der Waals surface area (Å²) in [5, 5.41) is 12.8. The van der Waals surface area contributed by atoms with Gasteiger partial charge in [0.05, 0.1) is 5.92 Å². The van der Waals surface area contributed by atoms with Crippen LogP contribution in [0.1, 0.15) is 52.4 Å². The molecule has 0 heterocycles. The normalized spacial score (nSPS) is 36.4. The zero-order valence-corrected chi connectivity index (χ0v) is 11.7. The maximum atomic E-state index is 11.2. The third-order valence-corrected chi connectivity index (χ3v) is 5.01. The van der Waals surface area contributed by atoms with E-state index in [9.17, 15) is 9.90 Å². The van der Waals surface area contributed by atoms with E-state index in [1.807, 2.05) is 0 Å².